The van der Waals surface area contributed by atoms with Crippen molar-refractivity contribution in [2.24, 2.45) is 5.92 Å². The van der Waals surface area contributed by atoms with Gasteiger partial charge in [0.2, 0.25) is 5.91 Å². The minimum absolute atomic E-state index is 0.0477. The first-order chi connectivity index (χ1) is 12.1. The van der Waals surface area contributed by atoms with E-state index >= 15 is 0 Å². The van der Waals surface area contributed by atoms with Crippen LogP contribution in [0.2, 0.25) is 0 Å². The van der Waals surface area contributed by atoms with E-state index in [2.05, 4.69) is 10.2 Å². The largest absolute Gasteiger partial charge is 0.378 e. The molecular weight excluding hydrogens is 318 g/mol. The summed E-state index contributed by atoms with van der Waals surface area (Å²) >= 11 is 0. The molecule has 0 aliphatic carbocycles. The summed E-state index contributed by atoms with van der Waals surface area (Å²) in [5, 5.41) is 3.02. The monoisotopic (exact) mass is 345 g/mol. The maximum Gasteiger partial charge on any atom is 0.251 e. The van der Waals surface area contributed by atoms with Crippen molar-refractivity contribution >= 4 is 17.5 Å². The average Bonchev–Trinajstić information content (AvgIpc) is 2.67. The highest BCUT2D eigenvalue weighted by atomic mass is 16.5. The van der Waals surface area contributed by atoms with Crippen molar-refractivity contribution in [3.05, 3.63) is 29.8 Å². The van der Waals surface area contributed by atoms with E-state index in [1.165, 1.54) is 0 Å². The summed E-state index contributed by atoms with van der Waals surface area (Å²) in [6.07, 6.45) is 2.06. The fourth-order valence-corrected chi connectivity index (χ4v) is 3.50. The first kappa shape index (κ1) is 17.7. The molecule has 2 amide bonds. The van der Waals surface area contributed by atoms with Gasteiger partial charge in [0.05, 0.1) is 13.2 Å². The summed E-state index contributed by atoms with van der Waals surface area (Å²) in [7, 11) is 0. The van der Waals surface area contributed by atoms with Gasteiger partial charge in [-0.25, -0.2) is 0 Å². The van der Waals surface area contributed by atoms with Gasteiger partial charge in [-0.2, -0.15) is 0 Å². The van der Waals surface area contributed by atoms with E-state index in [0.29, 0.717) is 18.0 Å². The molecule has 2 heterocycles. The van der Waals surface area contributed by atoms with Crippen molar-refractivity contribution in [1.29, 1.82) is 0 Å². The van der Waals surface area contributed by atoms with E-state index in [-0.39, 0.29) is 11.8 Å². The van der Waals surface area contributed by atoms with Crippen molar-refractivity contribution in [3.63, 3.8) is 0 Å². The number of anilines is 1. The number of amides is 2. The Morgan fingerprint density at radius 1 is 1.16 bits per heavy atom. The summed E-state index contributed by atoms with van der Waals surface area (Å²) in [6.45, 7) is 7.08. The predicted molar refractivity (Wildman–Crippen MR) is 96.8 cm³/mol. The maximum atomic E-state index is 12.4. The van der Waals surface area contributed by atoms with E-state index in [1.807, 2.05) is 29.2 Å². The highest BCUT2D eigenvalue weighted by molar-refractivity contribution is 5.94. The van der Waals surface area contributed by atoms with Gasteiger partial charge in [0.1, 0.15) is 0 Å². The number of piperidine rings is 1. The second-order valence-electron chi connectivity index (χ2n) is 6.83. The quantitative estimate of drug-likeness (QED) is 0.899. The minimum atomic E-state index is -0.0477. The lowest BCUT2D eigenvalue weighted by molar-refractivity contribution is -0.130. The molecule has 1 N–H and O–H groups in total. The summed E-state index contributed by atoms with van der Waals surface area (Å²) in [5.41, 5.74) is 1.81. The van der Waals surface area contributed by atoms with E-state index < -0.39 is 0 Å². The number of carbonyl (C=O) groups is 2. The molecular formula is C19H27N3O3. The Labute approximate surface area is 149 Å². The van der Waals surface area contributed by atoms with Crippen molar-refractivity contribution in [2.45, 2.75) is 19.8 Å². The Hall–Kier alpha value is -2.08. The Bertz CT molecular complexity index is 596. The number of nitrogens with zero attached hydrogens (tertiary/aromatic N) is 2. The fraction of sp³-hybridized carbons (Fsp3) is 0.579. The molecule has 2 fully saturated rings. The van der Waals surface area contributed by atoms with Crippen LogP contribution < -0.4 is 10.2 Å². The molecule has 6 heteroatoms. The topological polar surface area (TPSA) is 61.9 Å². The van der Waals surface area contributed by atoms with Crippen LogP contribution in [0, 0.1) is 5.92 Å². The fourth-order valence-electron chi connectivity index (χ4n) is 3.50. The zero-order chi connectivity index (χ0) is 17.6. The van der Waals surface area contributed by atoms with Crippen molar-refractivity contribution < 1.29 is 14.3 Å². The number of benzene rings is 1. The number of morpholine rings is 1. The number of hydrogen-bond acceptors (Lipinski definition) is 4. The van der Waals surface area contributed by atoms with E-state index in [1.54, 1.807) is 6.92 Å². The normalized spacial score (nSPS) is 21.1. The standard InChI is InChI=1S/C19H27N3O3/c1-15(23)22-8-2-3-16(14-22)13-20-19(24)17-4-6-18(7-5-17)21-9-11-25-12-10-21/h4-7,16H,2-3,8-14H2,1H3,(H,20,24)/t16-/m1/s1. The van der Waals surface area contributed by atoms with Gasteiger partial charge in [-0.1, -0.05) is 0 Å². The maximum absolute atomic E-state index is 12.4. The van der Waals surface area contributed by atoms with Gasteiger partial charge in [-0.05, 0) is 43.0 Å². The van der Waals surface area contributed by atoms with Gasteiger partial charge in [0.15, 0.2) is 0 Å². The van der Waals surface area contributed by atoms with Gasteiger partial charge in [-0.15, -0.1) is 0 Å². The first-order valence-corrected chi connectivity index (χ1v) is 9.10. The highest BCUT2D eigenvalue weighted by Gasteiger charge is 2.22. The van der Waals surface area contributed by atoms with E-state index in [0.717, 1.165) is 57.9 Å². The second-order valence-corrected chi connectivity index (χ2v) is 6.83. The van der Waals surface area contributed by atoms with Crippen molar-refractivity contribution in [3.8, 4) is 0 Å². The van der Waals surface area contributed by atoms with Gasteiger partial charge in [0.25, 0.3) is 5.91 Å². The molecule has 1 aromatic rings. The summed E-state index contributed by atoms with van der Waals surface area (Å²) in [4.78, 5) is 28.0. The Kier molecular flexibility index (Phi) is 5.91. The number of hydrogen-bond donors (Lipinski definition) is 1. The summed E-state index contributed by atoms with van der Waals surface area (Å²) in [6, 6.07) is 7.75. The lowest BCUT2D eigenvalue weighted by Gasteiger charge is -2.32. The third-order valence-electron chi connectivity index (χ3n) is 5.02. The molecule has 0 radical (unpaired) electrons. The van der Waals surface area contributed by atoms with Crippen LogP contribution in [0.15, 0.2) is 24.3 Å². The second kappa shape index (κ2) is 8.34. The Balaban J connectivity index is 1.50. The molecule has 2 saturated heterocycles. The van der Waals surface area contributed by atoms with E-state index in [9.17, 15) is 9.59 Å². The number of nitrogens with one attached hydrogen (secondary N) is 1. The molecule has 25 heavy (non-hydrogen) atoms. The number of rotatable bonds is 4. The molecule has 0 spiro atoms. The molecule has 3 rings (SSSR count). The molecule has 2 aliphatic rings. The average molecular weight is 345 g/mol. The lowest BCUT2D eigenvalue weighted by Crippen LogP contribution is -2.42. The van der Waals surface area contributed by atoms with Crippen LogP contribution in [-0.4, -0.2) is 62.7 Å². The SMILES string of the molecule is CC(=O)N1CCC[C@H](CNC(=O)c2ccc(N3CCOCC3)cc2)C1. The first-order valence-electron chi connectivity index (χ1n) is 9.10. The number of carbonyl (C=O) groups excluding carboxylic acids is 2. The zero-order valence-corrected chi connectivity index (χ0v) is 14.9. The smallest absolute Gasteiger partial charge is 0.251 e. The van der Waals surface area contributed by atoms with Gasteiger partial charge >= 0.3 is 0 Å². The van der Waals surface area contributed by atoms with Crippen LogP contribution in [0.3, 0.4) is 0 Å². The van der Waals surface area contributed by atoms with Gasteiger partial charge in [-0.3, -0.25) is 9.59 Å². The number of ether oxygens (including phenoxy) is 1. The zero-order valence-electron chi connectivity index (χ0n) is 14.9. The van der Waals surface area contributed by atoms with Crippen molar-refractivity contribution in [2.75, 3.05) is 50.8 Å². The van der Waals surface area contributed by atoms with Crippen LogP contribution >= 0.6 is 0 Å². The lowest BCUT2D eigenvalue weighted by atomic mass is 9.98. The molecule has 1 atom stereocenters. The Morgan fingerprint density at radius 3 is 2.56 bits per heavy atom. The van der Waals surface area contributed by atoms with Gasteiger partial charge < -0.3 is 19.9 Å². The van der Waals surface area contributed by atoms with Gasteiger partial charge in [0, 0.05) is 50.9 Å². The molecule has 136 valence electrons. The molecule has 0 aromatic heterocycles. The van der Waals surface area contributed by atoms with Crippen molar-refractivity contribution in [1.82, 2.24) is 10.2 Å². The molecule has 0 unspecified atom stereocenters. The number of likely N-dealkylation sites (tertiary alicyclic amines) is 1. The molecule has 6 nitrogen and oxygen atoms in total. The molecule has 0 bridgehead atoms. The van der Waals surface area contributed by atoms with Crippen LogP contribution in [0.1, 0.15) is 30.1 Å². The van der Waals surface area contributed by atoms with E-state index in [4.69, 9.17) is 4.74 Å². The highest BCUT2D eigenvalue weighted by Crippen LogP contribution is 2.18. The summed E-state index contributed by atoms with van der Waals surface area (Å²) < 4.78 is 5.36. The third-order valence-corrected chi connectivity index (χ3v) is 5.02. The predicted octanol–water partition coefficient (Wildman–Crippen LogP) is 1.51. The molecule has 0 saturated carbocycles. The van der Waals surface area contributed by atoms with Crippen LogP contribution in [-0.2, 0) is 9.53 Å². The minimum Gasteiger partial charge on any atom is -0.378 e. The molecule has 2 aliphatic heterocycles. The Morgan fingerprint density at radius 2 is 1.88 bits per heavy atom. The summed E-state index contributed by atoms with van der Waals surface area (Å²) in [5.74, 6) is 0.414. The third kappa shape index (κ3) is 4.72. The van der Waals surface area contributed by atoms with Crippen LogP contribution in [0.5, 0.6) is 0 Å². The molecule has 1 aromatic carbocycles. The van der Waals surface area contributed by atoms with Crippen LogP contribution in [0.4, 0.5) is 5.69 Å². The van der Waals surface area contributed by atoms with Crippen LogP contribution in [0.25, 0.3) is 0 Å².